The fourth-order valence-corrected chi connectivity index (χ4v) is 2.65. The van der Waals surface area contributed by atoms with Gasteiger partial charge in [-0.25, -0.2) is 9.78 Å². The molecule has 6 heteroatoms. The van der Waals surface area contributed by atoms with Crippen molar-refractivity contribution >= 4 is 22.4 Å². The number of thiazole rings is 1. The molecule has 0 amide bonds. The first-order chi connectivity index (χ1) is 8.13. The molecule has 0 bridgehead atoms. The SMILES string of the molecule is COC(=O)c1csc(NC2(C)CCCOC2)n1. The van der Waals surface area contributed by atoms with Crippen molar-refractivity contribution in [3.05, 3.63) is 11.1 Å². The number of nitrogens with one attached hydrogen (secondary N) is 1. The molecule has 0 aromatic carbocycles. The third kappa shape index (κ3) is 2.95. The zero-order chi connectivity index (χ0) is 12.3. The van der Waals surface area contributed by atoms with Crippen LogP contribution < -0.4 is 5.32 Å². The van der Waals surface area contributed by atoms with Gasteiger partial charge in [-0.15, -0.1) is 11.3 Å². The van der Waals surface area contributed by atoms with Gasteiger partial charge in [-0.3, -0.25) is 0 Å². The van der Waals surface area contributed by atoms with Crippen molar-refractivity contribution in [3.63, 3.8) is 0 Å². The van der Waals surface area contributed by atoms with Crippen LogP contribution in [0.25, 0.3) is 0 Å². The minimum Gasteiger partial charge on any atom is -0.464 e. The lowest BCUT2D eigenvalue weighted by Gasteiger charge is -2.34. The zero-order valence-corrected chi connectivity index (χ0v) is 10.8. The number of methoxy groups -OCH3 is 1. The number of esters is 1. The molecule has 1 fully saturated rings. The van der Waals surface area contributed by atoms with Crippen molar-refractivity contribution in [2.45, 2.75) is 25.3 Å². The van der Waals surface area contributed by atoms with E-state index in [1.165, 1.54) is 18.4 Å². The molecule has 1 N–H and O–H groups in total. The smallest absolute Gasteiger partial charge is 0.357 e. The monoisotopic (exact) mass is 256 g/mol. The molecule has 0 radical (unpaired) electrons. The predicted molar refractivity (Wildman–Crippen MR) is 65.5 cm³/mol. The molecule has 1 aromatic rings. The Balaban J connectivity index is 2.03. The topological polar surface area (TPSA) is 60.5 Å². The van der Waals surface area contributed by atoms with Gasteiger partial charge in [0.05, 0.1) is 19.3 Å². The summed E-state index contributed by atoms with van der Waals surface area (Å²) in [5.41, 5.74) is 0.254. The van der Waals surface area contributed by atoms with Gasteiger partial charge in [-0.1, -0.05) is 0 Å². The molecule has 1 aliphatic rings. The number of ether oxygens (including phenoxy) is 2. The lowest BCUT2D eigenvalue weighted by Crippen LogP contribution is -2.43. The van der Waals surface area contributed by atoms with Crippen LogP contribution in [-0.2, 0) is 9.47 Å². The number of anilines is 1. The van der Waals surface area contributed by atoms with Crippen LogP contribution in [-0.4, -0.2) is 36.8 Å². The van der Waals surface area contributed by atoms with E-state index in [4.69, 9.17) is 4.74 Å². The fourth-order valence-electron chi connectivity index (χ4n) is 1.82. The van der Waals surface area contributed by atoms with Gasteiger partial charge in [0.15, 0.2) is 10.8 Å². The summed E-state index contributed by atoms with van der Waals surface area (Å²) in [5, 5.41) is 5.76. The molecule has 2 rings (SSSR count). The van der Waals surface area contributed by atoms with Crippen molar-refractivity contribution in [2.75, 3.05) is 25.6 Å². The highest BCUT2D eigenvalue weighted by molar-refractivity contribution is 7.13. The summed E-state index contributed by atoms with van der Waals surface area (Å²) in [6.07, 6.45) is 2.08. The lowest BCUT2D eigenvalue weighted by atomic mass is 9.95. The maximum Gasteiger partial charge on any atom is 0.357 e. The summed E-state index contributed by atoms with van der Waals surface area (Å²) in [6, 6.07) is 0. The molecule has 0 aliphatic carbocycles. The van der Waals surface area contributed by atoms with Gasteiger partial charge in [0.1, 0.15) is 0 Å². The second-order valence-electron chi connectivity index (χ2n) is 4.37. The van der Waals surface area contributed by atoms with Gasteiger partial charge in [0.25, 0.3) is 0 Å². The number of nitrogens with zero attached hydrogens (tertiary/aromatic N) is 1. The number of carbonyl (C=O) groups excluding carboxylic acids is 1. The Morgan fingerprint density at radius 2 is 2.53 bits per heavy atom. The van der Waals surface area contributed by atoms with E-state index >= 15 is 0 Å². The van der Waals surface area contributed by atoms with Crippen LogP contribution in [0.2, 0.25) is 0 Å². The van der Waals surface area contributed by atoms with E-state index in [9.17, 15) is 4.79 Å². The number of hydrogen-bond acceptors (Lipinski definition) is 6. The highest BCUT2D eigenvalue weighted by Gasteiger charge is 2.28. The minimum atomic E-state index is -0.403. The first kappa shape index (κ1) is 12.3. The standard InChI is InChI=1S/C11H16N2O3S/c1-11(4-3-5-16-7-11)13-10-12-8(6-17-10)9(14)15-2/h6H,3-5,7H2,1-2H3,(H,12,13). The van der Waals surface area contributed by atoms with E-state index in [0.29, 0.717) is 12.3 Å². The van der Waals surface area contributed by atoms with Crippen molar-refractivity contribution < 1.29 is 14.3 Å². The Bertz CT molecular complexity index is 399. The molecule has 1 aromatic heterocycles. The summed E-state index contributed by atoms with van der Waals surface area (Å²) in [7, 11) is 1.35. The largest absolute Gasteiger partial charge is 0.464 e. The van der Waals surface area contributed by atoms with Crippen molar-refractivity contribution in [3.8, 4) is 0 Å². The lowest BCUT2D eigenvalue weighted by molar-refractivity contribution is 0.0539. The molecule has 1 saturated heterocycles. The summed E-state index contributed by atoms with van der Waals surface area (Å²) in [6.45, 7) is 3.59. The molecular weight excluding hydrogens is 240 g/mol. The van der Waals surface area contributed by atoms with E-state index in [2.05, 4.69) is 22.0 Å². The van der Waals surface area contributed by atoms with Crippen molar-refractivity contribution in [2.24, 2.45) is 0 Å². The van der Waals surface area contributed by atoms with Gasteiger partial charge in [0.2, 0.25) is 0 Å². The average molecular weight is 256 g/mol. The zero-order valence-electron chi connectivity index (χ0n) is 9.99. The van der Waals surface area contributed by atoms with Crippen LogP contribution in [0, 0.1) is 0 Å². The van der Waals surface area contributed by atoms with Gasteiger partial charge in [-0.2, -0.15) is 0 Å². The van der Waals surface area contributed by atoms with Crippen LogP contribution in [0.15, 0.2) is 5.38 Å². The molecule has 5 nitrogen and oxygen atoms in total. The number of aromatic nitrogens is 1. The first-order valence-corrected chi connectivity index (χ1v) is 6.41. The molecule has 0 spiro atoms. The quantitative estimate of drug-likeness (QED) is 0.837. The van der Waals surface area contributed by atoms with Crippen LogP contribution in [0.5, 0.6) is 0 Å². The van der Waals surface area contributed by atoms with E-state index < -0.39 is 5.97 Å². The highest BCUT2D eigenvalue weighted by Crippen LogP contribution is 2.26. The normalized spacial score (nSPS) is 24.4. The number of carbonyl (C=O) groups is 1. The Labute approximate surface area is 104 Å². The minimum absolute atomic E-state index is 0.0938. The van der Waals surface area contributed by atoms with Gasteiger partial charge in [-0.05, 0) is 19.8 Å². The Morgan fingerprint density at radius 1 is 1.71 bits per heavy atom. The van der Waals surface area contributed by atoms with Crippen LogP contribution in [0.1, 0.15) is 30.3 Å². The average Bonchev–Trinajstić information content (AvgIpc) is 2.76. The summed E-state index contributed by atoms with van der Waals surface area (Å²) < 4.78 is 10.1. The molecule has 1 unspecified atom stereocenters. The first-order valence-electron chi connectivity index (χ1n) is 5.53. The maximum absolute atomic E-state index is 11.3. The number of rotatable bonds is 3. The van der Waals surface area contributed by atoms with E-state index in [1.807, 2.05) is 0 Å². The van der Waals surface area contributed by atoms with Crippen molar-refractivity contribution in [1.29, 1.82) is 0 Å². The summed E-state index contributed by atoms with van der Waals surface area (Å²) in [5.74, 6) is -0.403. The molecule has 1 atom stereocenters. The van der Waals surface area contributed by atoms with Gasteiger partial charge in [0, 0.05) is 12.0 Å². The van der Waals surface area contributed by atoms with E-state index in [1.54, 1.807) is 5.38 Å². The molecule has 2 heterocycles. The van der Waals surface area contributed by atoms with E-state index in [-0.39, 0.29) is 5.54 Å². The third-order valence-corrected chi connectivity index (χ3v) is 3.50. The maximum atomic E-state index is 11.3. The fraction of sp³-hybridized carbons (Fsp3) is 0.636. The Hall–Kier alpha value is -1.14. The number of hydrogen-bond donors (Lipinski definition) is 1. The van der Waals surface area contributed by atoms with Gasteiger partial charge >= 0.3 is 5.97 Å². The molecule has 17 heavy (non-hydrogen) atoms. The highest BCUT2D eigenvalue weighted by atomic mass is 32.1. The molecule has 0 saturated carbocycles. The Morgan fingerprint density at radius 3 is 3.18 bits per heavy atom. The summed E-state index contributed by atoms with van der Waals surface area (Å²) >= 11 is 1.41. The predicted octanol–water partition coefficient (Wildman–Crippen LogP) is 1.91. The van der Waals surface area contributed by atoms with Crippen LogP contribution in [0.3, 0.4) is 0 Å². The van der Waals surface area contributed by atoms with Crippen LogP contribution >= 0.6 is 11.3 Å². The Kier molecular flexibility index (Phi) is 3.63. The third-order valence-electron chi connectivity index (χ3n) is 2.75. The van der Waals surface area contributed by atoms with E-state index in [0.717, 1.165) is 24.6 Å². The molecular formula is C11H16N2O3S. The van der Waals surface area contributed by atoms with Crippen molar-refractivity contribution in [1.82, 2.24) is 4.98 Å². The van der Waals surface area contributed by atoms with Gasteiger partial charge < -0.3 is 14.8 Å². The second kappa shape index (κ2) is 5.01. The molecule has 94 valence electrons. The second-order valence-corrected chi connectivity index (χ2v) is 5.23. The summed E-state index contributed by atoms with van der Waals surface area (Å²) in [4.78, 5) is 15.5. The van der Waals surface area contributed by atoms with Crippen LogP contribution in [0.4, 0.5) is 5.13 Å². The molecule has 1 aliphatic heterocycles.